The lowest BCUT2D eigenvalue weighted by Crippen LogP contribution is -2.42. The molecule has 0 N–H and O–H groups in total. The molecule has 3 aromatic rings. The molecular formula is C23H30N4O4S. The van der Waals surface area contributed by atoms with Gasteiger partial charge >= 0.3 is 5.97 Å². The summed E-state index contributed by atoms with van der Waals surface area (Å²) in [6.07, 6.45) is 0. The first-order valence-corrected chi connectivity index (χ1v) is 11.3. The lowest BCUT2D eigenvalue weighted by molar-refractivity contribution is -0.155. The maximum absolute atomic E-state index is 13.7. The molecule has 3 rings (SSSR count). The van der Waals surface area contributed by atoms with E-state index in [1.807, 2.05) is 38.1 Å². The number of carbonyl (C=O) groups excluding carboxylic acids is 2. The van der Waals surface area contributed by atoms with Crippen molar-refractivity contribution in [3.63, 3.8) is 0 Å². The Labute approximate surface area is 192 Å². The Morgan fingerprint density at radius 2 is 1.88 bits per heavy atom. The van der Waals surface area contributed by atoms with Gasteiger partial charge in [-0.3, -0.25) is 9.59 Å². The smallest absolute Gasteiger partial charge is 0.326 e. The molecule has 0 spiro atoms. The number of ether oxygens (including phenoxy) is 1. The van der Waals surface area contributed by atoms with Crippen molar-refractivity contribution in [3.05, 3.63) is 34.3 Å². The highest BCUT2D eigenvalue weighted by molar-refractivity contribution is 7.15. The Bertz CT molecular complexity index is 1130. The number of aromatic nitrogens is 2. The molecular weight excluding hydrogens is 428 g/mol. The summed E-state index contributed by atoms with van der Waals surface area (Å²) in [4.78, 5) is 36.4. The quantitative estimate of drug-likeness (QED) is 0.496. The van der Waals surface area contributed by atoms with Crippen molar-refractivity contribution in [2.24, 2.45) is 0 Å². The fourth-order valence-corrected chi connectivity index (χ4v) is 4.06. The summed E-state index contributed by atoms with van der Waals surface area (Å²) in [6.45, 7) is 10.0. The molecule has 0 saturated heterocycles. The van der Waals surface area contributed by atoms with Crippen LogP contribution in [0.15, 0.2) is 22.7 Å². The van der Waals surface area contributed by atoms with Gasteiger partial charge in [-0.1, -0.05) is 5.16 Å². The van der Waals surface area contributed by atoms with Crippen molar-refractivity contribution < 1.29 is 18.8 Å². The number of aryl methyl sites for hydroxylation is 2. The van der Waals surface area contributed by atoms with Gasteiger partial charge in [0.1, 0.15) is 12.1 Å². The second-order valence-corrected chi connectivity index (χ2v) is 10.3. The molecule has 3 heterocycles. The number of esters is 1. The van der Waals surface area contributed by atoms with Crippen molar-refractivity contribution in [1.82, 2.24) is 19.9 Å². The van der Waals surface area contributed by atoms with E-state index in [0.717, 1.165) is 9.75 Å². The molecule has 0 bridgehead atoms. The number of thiophene rings is 1. The van der Waals surface area contributed by atoms with Crippen LogP contribution in [0.1, 0.15) is 41.7 Å². The fourth-order valence-electron chi connectivity index (χ4n) is 3.23. The monoisotopic (exact) mass is 458 g/mol. The molecule has 32 heavy (non-hydrogen) atoms. The van der Waals surface area contributed by atoms with Crippen LogP contribution in [-0.2, 0) is 9.53 Å². The van der Waals surface area contributed by atoms with Crippen molar-refractivity contribution in [2.45, 2.75) is 40.2 Å². The van der Waals surface area contributed by atoms with Crippen LogP contribution in [0.2, 0.25) is 0 Å². The highest BCUT2D eigenvalue weighted by atomic mass is 32.1. The summed E-state index contributed by atoms with van der Waals surface area (Å²) in [7, 11) is 3.84. The minimum absolute atomic E-state index is 0.147. The molecule has 1 amide bonds. The summed E-state index contributed by atoms with van der Waals surface area (Å²) in [5.41, 5.74) is 1.30. The fraction of sp³-hybridized carbons (Fsp3) is 0.478. The molecule has 0 aliphatic rings. The van der Waals surface area contributed by atoms with Gasteiger partial charge in [-0.25, -0.2) is 4.98 Å². The van der Waals surface area contributed by atoms with Gasteiger partial charge in [0.25, 0.3) is 11.6 Å². The Kier molecular flexibility index (Phi) is 7.00. The first-order chi connectivity index (χ1) is 14.9. The topological polar surface area (TPSA) is 88.8 Å². The molecule has 0 aromatic carbocycles. The van der Waals surface area contributed by atoms with E-state index in [4.69, 9.17) is 9.26 Å². The van der Waals surface area contributed by atoms with E-state index in [1.165, 1.54) is 4.90 Å². The average molecular weight is 459 g/mol. The predicted molar refractivity (Wildman–Crippen MR) is 125 cm³/mol. The molecule has 0 radical (unpaired) electrons. The number of hydrogen-bond donors (Lipinski definition) is 0. The van der Waals surface area contributed by atoms with Gasteiger partial charge in [0.15, 0.2) is 0 Å². The minimum Gasteiger partial charge on any atom is -0.459 e. The molecule has 0 fully saturated rings. The Morgan fingerprint density at radius 1 is 1.16 bits per heavy atom. The molecule has 3 aromatic heterocycles. The molecule has 0 saturated carbocycles. The van der Waals surface area contributed by atoms with Crippen LogP contribution >= 0.6 is 11.3 Å². The van der Waals surface area contributed by atoms with Crippen LogP contribution in [0.4, 0.5) is 0 Å². The maximum Gasteiger partial charge on any atom is 0.326 e. The predicted octanol–water partition coefficient (Wildman–Crippen LogP) is 3.91. The molecule has 0 unspecified atom stereocenters. The summed E-state index contributed by atoms with van der Waals surface area (Å²) in [5, 5.41) is 4.58. The van der Waals surface area contributed by atoms with E-state index in [0.29, 0.717) is 41.1 Å². The zero-order valence-electron chi connectivity index (χ0n) is 19.7. The second-order valence-electron chi connectivity index (χ2n) is 9.03. The summed E-state index contributed by atoms with van der Waals surface area (Å²) >= 11 is 1.59. The van der Waals surface area contributed by atoms with Crippen molar-refractivity contribution in [2.75, 3.05) is 33.7 Å². The Balaban J connectivity index is 2.02. The highest BCUT2D eigenvalue weighted by Gasteiger charge is 2.27. The zero-order valence-corrected chi connectivity index (χ0v) is 20.5. The molecule has 0 aliphatic carbocycles. The lowest BCUT2D eigenvalue weighted by Gasteiger charge is -2.26. The second kappa shape index (κ2) is 9.38. The van der Waals surface area contributed by atoms with E-state index in [2.05, 4.69) is 10.1 Å². The normalized spacial score (nSPS) is 11.9. The van der Waals surface area contributed by atoms with Crippen LogP contribution in [-0.4, -0.2) is 71.1 Å². The van der Waals surface area contributed by atoms with Crippen LogP contribution in [0.5, 0.6) is 0 Å². The molecule has 0 atom stereocenters. The Morgan fingerprint density at radius 3 is 2.47 bits per heavy atom. The maximum atomic E-state index is 13.7. The number of nitrogens with zero attached hydrogens (tertiary/aromatic N) is 4. The van der Waals surface area contributed by atoms with Crippen LogP contribution in [0.3, 0.4) is 0 Å². The number of hydrogen-bond acceptors (Lipinski definition) is 8. The van der Waals surface area contributed by atoms with Crippen LogP contribution < -0.4 is 0 Å². The lowest BCUT2D eigenvalue weighted by atomic mass is 10.1. The number of fused-ring (bicyclic) bond motifs is 1. The Hall–Kier alpha value is -2.78. The number of likely N-dealkylation sites (N-methyl/N-ethyl adjacent to an activating group) is 1. The van der Waals surface area contributed by atoms with Crippen molar-refractivity contribution in [1.29, 1.82) is 0 Å². The van der Waals surface area contributed by atoms with E-state index in [1.54, 1.807) is 45.1 Å². The SMILES string of the molecule is Cc1ccc(-c2cc(C(=O)N(CCN(C)C)CC(=O)OC(C)(C)C)c3c(C)noc3n2)s1. The van der Waals surface area contributed by atoms with Gasteiger partial charge in [0.2, 0.25) is 0 Å². The number of amides is 1. The third kappa shape index (κ3) is 5.72. The van der Waals surface area contributed by atoms with E-state index < -0.39 is 11.6 Å². The van der Waals surface area contributed by atoms with E-state index in [9.17, 15) is 9.59 Å². The summed E-state index contributed by atoms with van der Waals surface area (Å²) in [5.74, 6) is -0.739. The third-order valence-corrected chi connectivity index (χ3v) is 5.71. The number of rotatable bonds is 7. The van der Waals surface area contributed by atoms with Crippen molar-refractivity contribution in [3.8, 4) is 10.6 Å². The minimum atomic E-state index is -0.632. The molecule has 9 heteroatoms. The van der Waals surface area contributed by atoms with Gasteiger partial charge in [-0.15, -0.1) is 11.3 Å². The molecule has 172 valence electrons. The standard InChI is InChI=1S/C23H30N4O4S/c1-14-8-9-18(32-14)17-12-16(20-15(2)25-31-21(20)24-17)22(29)27(11-10-26(6)7)13-19(28)30-23(3,4)5/h8-9,12H,10-11,13H2,1-7H3. The molecule has 0 aliphatic heterocycles. The summed E-state index contributed by atoms with van der Waals surface area (Å²) in [6, 6.07) is 5.74. The first-order valence-electron chi connectivity index (χ1n) is 10.4. The molecule has 8 nitrogen and oxygen atoms in total. The largest absolute Gasteiger partial charge is 0.459 e. The van der Waals surface area contributed by atoms with E-state index >= 15 is 0 Å². The van der Waals surface area contributed by atoms with E-state index in [-0.39, 0.29) is 12.5 Å². The zero-order chi connectivity index (χ0) is 23.6. The number of carbonyl (C=O) groups is 2. The van der Waals surface area contributed by atoms with Gasteiger partial charge < -0.3 is 19.1 Å². The van der Waals surface area contributed by atoms with Gasteiger partial charge in [-0.05, 0) is 66.9 Å². The third-order valence-electron chi connectivity index (χ3n) is 4.68. The number of pyridine rings is 1. The van der Waals surface area contributed by atoms with Crippen LogP contribution in [0, 0.1) is 13.8 Å². The highest BCUT2D eigenvalue weighted by Crippen LogP contribution is 2.31. The van der Waals surface area contributed by atoms with Gasteiger partial charge in [0.05, 0.1) is 27.2 Å². The van der Waals surface area contributed by atoms with Gasteiger partial charge in [-0.2, -0.15) is 0 Å². The van der Waals surface area contributed by atoms with Crippen LogP contribution in [0.25, 0.3) is 21.7 Å². The summed E-state index contributed by atoms with van der Waals surface area (Å²) < 4.78 is 10.9. The van der Waals surface area contributed by atoms with Gasteiger partial charge in [0, 0.05) is 18.0 Å². The average Bonchev–Trinajstić information content (AvgIpc) is 3.28. The van der Waals surface area contributed by atoms with Crippen molar-refractivity contribution >= 4 is 34.3 Å². The first kappa shape index (κ1) is 23.9.